The van der Waals surface area contributed by atoms with E-state index in [-0.39, 0.29) is 26.8 Å². The van der Waals surface area contributed by atoms with Gasteiger partial charge in [0.05, 0.1) is 4.47 Å². The average molecular weight is 361 g/mol. The zero-order valence-corrected chi connectivity index (χ0v) is 12.2. The fourth-order valence-corrected chi connectivity index (χ4v) is 2.00. The third kappa shape index (κ3) is 3.00. The van der Waals surface area contributed by atoms with Crippen LogP contribution < -0.4 is 10.5 Å². The van der Waals surface area contributed by atoms with Crippen molar-refractivity contribution in [1.82, 2.24) is 4.98 Å². The second kappa shape index (κ2) is 6.06. The second-order valence-electron chi connectivity index (χ2n) is 3.64. The summed E-state index contributed by atoms with van der Waals surface area (Å²) in [4.78, 5) is 3.95. The van der Waals surface area contributed by atoms with Gasteiger partial charge in [-0.05, 0) is 40.2 Å². The van der Waals surface area contributed by atoms with Crippen molar-refractivity contribution in [2.45, 2.75) is 0 Å². The molecule has 0 aliphatic carbocycles. The molecule has 2 aromatic rings. The van der Waals surface area contributed by atoms with Gasteiger partial charge in [0, 0.05) is 11.8 Å². The number of ether oxygens (including phenoxy) is 1. The number of hydrogen-bond acceptors (Lipinski definition) is 4. The standard InChI is InChI=1S/C12H8BrClFN3O2/c13-8-5-6(1-2-9(8)15)20-12-10(14)7(3-4-17-12)11(16)18-19/h1-5,19H,(H2,16,18). The monoisotopic (exact) mass is 359 g/mol. The molecule has 0 saturated carbocycles. The number of rotatable bonds is 3. The Labute approximate surface area is 127 Å². The van der Waals surface area contributed by atoms with Crippen LogP contribution in [0.3, 0.4) is 0 Å². The zero-order chi connectivity index (χ0) is 14.7. The van der Waals surface area contributed by atoms with E-state index >= 15 is 0 Å². The molecular weight excluding hydrogens is 353 g/mol. The third-order valence-electron chi connectivity index (χ3n) is 2.35. The smallest absolute Gasteiger partial charge is 0.238 e. The molecule has 0 radical (unpaired) electrons. The van der Waals surface area contributed by atoms with Crippen LogP contribution in [0.1, 0.15) is 5.56 Å². The van der Waals surface area contributed by atoms with E-state index < -0.39 is 5.82 Å². The first-order valence-electron chi connectivity index (χ1n) is 5.28. The lowest BCUT2D eigenvalue weighted by Gasteiger charge is -2.09. The van der Waals surface area contributed by atoms with Crippen molar-refractivity contribution in [1.29, 1.82) is 0 Å². The Morgan fingerprint density at radius 3 is 2.85 bits per heavy atom. The van der Waals surface area contributed by atoms with Gasteiger partial charge >= 0.3 is 0 Å². The van der Waals surface area contributed by atoms with E-state index in [2.05, 4.69) is 26.1 Å². The number of halogens is 3. The predicted octanol–water partition coefficient (Wildman–Crippen LogP) is 3.52. The molecule has 1 aromatic heterocycles. The van der Waals surface area contributed by atoms with Gasteiger partial charge in [-0.1, -0.05) is 16.8 Å². The van der Waals surface area contributed by atoms with Gasteiger partial charge in [0.25, 0.3) is 0 Å². The maximum atomic E-state index is 13.1. The molecule has 104 valence electrons. The quantitative estimate of drug-likeness (QED) is 0.380. The zero-order valence-electron chi connectivity index (χ0n) is 9.85. The second-order valence-corrected chi connectivity index (χ2v) is 4.87. The SMILES string of the molecule is N/C(=N/O)c1ccnc(Oc2ccc(F)c(Br)c2)c1Cl. The third-order valence-corrected chi connectivity index (χ3v) is 3.32. The Bertz CT molecular complexity index is 682. The first-order valence-corrected chi connectivity index (χ1v) is 6.45. The van der Waals surface area contributed by atoms with Gasteiger partial charge in [0.2, 0.25) is 5.88 Å². The van der Waals surface area contributed by atoms with Crippen LogP contribution in [0.25, 0.3) is 0 Å². The maximum absolute atomic E-state index is 13.1. The van der Waals surface area contributed by atoms with Crippen LogP contribution in [0.15, 0.2) is 40.1 Å². The van der Waals surface area contributed by atoms with Crippen molar-refractivity contribution in [2.24, 2.45) is 10.9 Å². The highest BCUT2D eigenvalue weighted by Crippen LogP contribution is 2.31. The van der Waals surface area contributed by atoms with Gasteiger partial charge in [-0.2, -0.15) is 0 Å². The molecule has 0 aliphatic heterocycles. The molecule has 0 fully saturated rings. The van der Waals surface area contributed by atoms with Crippen LogP contribution in [-0.4, -0.2) is 16.0 Å². The Hall–Kier alpha value is -1.86. The molecule has 0 spiro atoms. The first kappa shape index (κ1) is 14.5. The van der Waals surface area contributed by atoms with Crippen LogP contribution in [-0.2, 0) is 0 Å². The van der Waals surface area contributed by atoms with E-state index in [1.54, 1.807) is 0 Å². The van der Waals surface area contributed by atoms with Crippen LogP contribution in [0.2, 0.25) is 5.02 Å². The van der Waals surface area contributed by atoms with Gasteiger partial charge in [-0.25, -0.2) is 9.37 Å². The minimum atomic E-state index is -0.415. The molecule has 0 aliphatic rings. The normalized spacial score (nSPS) is 11.4. The van der Waals surface area contributed by atoms with Crippen LogP contribution >= 0.6 is 27.5 Å². The van der Waals surface area contributed by atoms with Crippen molar-refractivity contribution < 1.29 is 14.3 Å². The van der Waals surface area contributed by atoms with Crippen LogP contribution in [0.5, 0.6) is 11.6 Å². The van der Waals surface area contributed by atoms with E-state index in [4.69, 9.17) is 27.3 Å². The first-order chi connectivity index (χ1) is 9.52. The summed E-state index contributed by atoms with van der Waals surface area (Å²) >= 11 is 9.10. The van der Waals surface area contributed by atoms with E-state index in [0.717, 1.165) is 0 Å². The number of nitrogens with zero attached hydrogens (tertiary/aromatic N) is 2. The van der Waals surface area contributed by atoms with Gasteiger partial charge in [0.15, 0.2) is 5.84 Å². The predicted molar refractivity (Wildman–Crippen MR) is 75.9 cm³/mol. The minimum Gasteiger partial charge on any atom is -0.437 e. The largest absolute Gasteiger partial charge is 0.437 e. The summed E-state index contributed by atoms with van der Waals surface area (Å²) in [6, 6.07) is 5.57. The van der Waals surface area contributed by atoms with E-state index in [1.807, 2.05) is 0 Å². The van der Waals surface area contributed by atoms with Gasteiger partial charge in [-0.15, -0.1) is 0 Å². The van der Waals surface area contributed by atoms with Crippen molar-refractivity contribution >= 4 is 33.4 Å². The molecule has 1 aromatic carbocycles. The molecule has 0 amide bonds. The summed E-state index contributed by atoms with van der Waals surface area (Å²) < 4.78 is 18.8. The highest BCUT2D eigenvalue weighted by atomic mass is 79.9. The highest BCUT2D eigenvalue weighted by Gasteiger charge is 2.13. The Balaban J connectivity index is 2.36. The average Bonchev–Trinajstić information content (AvgIpc) is 2.44. The molecule has 0 saturated heterocycles. The maximum Gasteiger partial charge on any atom is 0.238 e. The van der Waals surface area contributed by atoms with Gasteiger partial charge < -0.3 is 15.7 Å². The Morgan fingerprint density at radius 2 is 2.20 bits per heavy atom. The molecule has 0 bridgehead atoms. The Kier molecular flexibility index (Phi) is 4.41. The lowest BCUT2D eigenvalue weighted by Crippen LogP contribution is -2.14. The number of oxime groups is 1. The fraction of sp³-hybridized carbons (Fsp3) is 0. The molecule has 3 N–H and O–H groups in total. The fourth-order valence-electron chi connectivity index (χ4n) is 1.40. The summed E-state index contributed by atoms with van der Waals surface area (Å²) in [6.45, 7) is 0. The van der Waals surface area contributed by atoms with E-state index in [9.17, 15) is 4.39 Å². The molecule has 0 unspecified atom stereocenters. The van der Waals surface area contributed by atoms with E-state index in [1.165, 1.54) is 30.5 Å². The molecular formula is C12H8BrClFN3O2. The van der Waals surface area contributed by atoms with Crippen molar-refractivity contribution in [3.05, 3.63) is 51.3 Å². The van der Waals surface area contributed by atoms with Crippen LogP contribution in [0.4, 0.5) is 4.39 Å². The summed E-state index contributed by atoms with van der Waals surface area (Å²) in [6.07, 6.45) is 1.40. The number of amidine groups is 1. The number of nitrogens with two attached hydrogens (primary N) is 1. The minimum absolute atomic E-state index is 0.0641. The number of benzene rings is 1. The van der Waals surface area contributed by atoms with Gasteiger partial charge in [-0.3, -0.25) is 0 Å². The summed E-state index contributed by atoms with van der Waals surface area (Å²) in [5, 5.41) is 11.6. The number of pyridine rings is 1. The number of aromatic nitrogens is 1. The molecule has 20 heavy (non-hydrogen) atoms. The topological polar surface area (TPSA) is 80.7 Å². The molecule has 1 heterocycles. The van der Waals surface area contributed by atoms with Crippen LogP contribution in [0, 0.1) is 5.82 Å². The van der Waals surface area contributed by atoms with Crippen molar-refractivity contribution in [3.8, 4) is 11.6 Å². The summed E-state index contributed by atoms with van der Waals surface area (Å²) in [5.41, 5.74) is 5.75. The lowest BCUT2D eigenvalue weighted by molar-refractivity contribution is 0.318. The molecule has 0 atom stereocenters. The van der Waals surface area contributed by atoms with Crippen molar-refractivity contribution in [2.75, 3.05) is 0 Å². The lowest BCUT2D eigenvalue weighted by atomic mass is 10.2. The van der Waals surface area contributed by atoms with E-state index in [0.29, 0.717) is 5.75 Å². The summed E-state index contributed by atoms with van der Waals surface area (Å²) in [5.74, 6) is -0.178. The molecule has 5 nitrogen and oxygen atoms in total. The summed E-state index contributed by atoms with van der Waals surface area (Å²) in [7, 11) is 0. The van der Waals surface area contributed by atoms with Crippen molar-refractivity contribution in [3.63, 3.8) is 0 Å². The Morgan fingerprint density at radius 1 is 1.45 bits per heavy atom. The highest BCUT2D eigenvalue weighted by molar-refractivity contribution is 9.10. The number of hydrogen-bond donors (Lipinski definition) is 2. The van der Waals surface area contributed by atoms with Gasteiger partial charge in [0.1, 0.15) is 16.6 Å². The molecule has 8 heteroatoms. The molecule has 2 rings (SSSR count).